The Labute approximate surface area is 162 Å². The maximum Gasteiger partial charge on any atom is 0.255 e. The molecule has 1 aromatic carbocycles. The molecule has 27 heavy (non-hydrogen) atoms. The number of amides is 1. The fourth-order valence-corrected chi connectivity index (χ4v) is 4.87. The summed E-state index contributed by atoms with van der Waals surface area (Å²) in [7, 11) is 0. The number of aromatic nitrogens is 1. The van der Waals surface area contributed by atoms with Crippen LogP contribution in [0.5, 0.6) is 0 Å². The van der Waals surface area contributed by atoms with Gasteiger partial charge in [0.2, 0.25) is 0 Å². The van der Waals surface area contributed by atoms with Crippen LogP contribution in [0.15, 0.2) is 36.4 Å². The second-order valence-electron chi connectivity index (χ2n) is 8.06. The molecule has 1 saturated carbocycles. The molecule has 2 aromatic rings. The number of para-hydroxylation sites is 1. The third-order valence-electron chi connectivity index (χ3n) is 6.34. The highest BCUT2D eigenvalue weighted by molar-refractivity contribution is 5.96. The molecule has 0 radical (unpaired) electrons. The summed E-state index contributed by atoms with van der Waals surface area (Å²) in [6, 6.07) is 13.2. The first-order valence-corrected chi connectivity index (χ1v) is 10.4. The molecule has 1 aliphatic carbocycles. The molecular formula is C23H31N3O. The highest BCUT2D eigenvalue weighted by Crippen LogP contribution is 2.32. The molecule has 0 N–H and O–H groups in total. The third-order valence-corrected chi connectivity index (χ3v) is 6.34. The van der Waals surface area contributed by atoms with Crippen molar-refractivity contribution >= 4 is 11.6 Å². The van der Waals surface area contributed by atoms with Crippen LogP contribution >= 0.6 is 0 Å². The summed E-state index contributed by atoms with van der Waals surface area (Å²) in [6.45, 7) is 7.68. The van der Waals surface area contributed by atoms with E-state index < -0.39 is 0 Å². The van der Waals surface area contributed by atoms with Crippen LogP contribution in [0.2, 0.25) is 0 Å². The van der Waals surface area contributed by atoms with Gasteiger partial charge in [-0.25, -0.2) is 0 Å². The van der Waals surface area contributed by atoms with E-state index in [1.807, 2.05) is 11.0 Å². The van der Waals surface area contributed by atoms with Crippen molar-refractivity contribution in [2.45, 2.75) is 52.0 Å². The summed E-state index contributed by atoms with van der Waals surface area (Å²) in [5.41, 5.74) is 4.56. The molecule has 4 heteroatoms. The number of carbonyl (C=O) groups is 1. The molecule has 4 nitrogen and oxygen atoms in total. The van der Waals surface area contributed by atoms with Crippen molar-refractivity contribution in [2.75, 3.05) is 31.1 Å². The molecular weight excluding hydrogens is 334 g/mol. The molecule has 144 valence electrons. The van der Waals surface area contributed by atoms with E-state index >= 15 is 0 Å². The molecule has 0 unspecified atom stereocenters. The van der Waals surface area contributed by atoms with Crippen LogP contribution in [0.4, 0.5) is 5.69 Å². The maximum atomic E-state index is 13.2. The van der Waals surface area contributed by atoms with Gasteiger partial charge < -0.3 is 14.4 Å². The van der Waals surface area contributed by atoms with Crippen LogP contribution in [0, 0.1) is 13.8 Å². The summed E-state index contributed by atoms with van der Waals surface area (Å²) >= 11 is 0. The molecule has 1 amide bonds. The third kappa shape index (κ3) is 3.62. The van der Waals surface area contributed by atoms with E-state index in [1.165, 1.54) is 43.5 Å². The Morgan fingerprint density at radius 3 is 2.26 bits per heavy atom. The van der Waals surface area contributed by atoms with Gasteiger partial charge >= 0.3 is 0 Å². The van der Waals surface area contributed by atoms with Crippen LogP contribution in [0.3, 0.4) is 0 Å². The minimum atomic E-state index is 0.206. The summed E-state index contributed by atoms with van der Waals surface area (Å²) in [5, 5.41) is 0. The van der Waals surface area contributed by atoms with E-state index in [1.54, 1.807) is 0 Å². The van der Waals surface area contributed by atoms with Gasteiger partial charge in [0, 0.05) is 49.3 Å². The second-order valence-corrected chi connectivity index (χ2v) is 8.06. The molecule has 2 aliphatic rings. The molecule has 0 atom stereocenters. The average molecular weight is 366 g/mol. The van der Waals surface area contributed by atoms with Gasteiger partial charge in [-0.15, -0.1) is 0 Å². The predicted molar refractivity (Wildman–Crippen MR) is 111 cm³/mol. The smallest absolute Gasteiger partial charge is 0.255 e. The van der Waals surface area contributed by atoms with Crippen LogP contribution < -0.4 is 4.90 Å². The summed E-state index contributed by atoms with van der Waals surface area (Å²) in [6.07, 6.45) is 6.48. The molecule has 1 aliphatic heterocycles. The van der Waals surface area contributed by atoms with Crippen molar-refractivity contribution in [3.63, 3.8) is 0 Å². The standard InChI is InChI=1S/C23H31N3O/c1-18-17-22(19(2)26(18)21-11-7-4-8-12-21)23(27)25-15-13-24(14-16-25)20-9-5-3-6-10-20/h3,5-6,9-10,17,21H,4,7-8,11-16H2,1-2H3. The molecule has 4 rings (SSSR count). The molecule has 0 spiro atoms. The van der Waals surface area contributed by atoms with E-state index in [2.05, 4.69) is 53.6 Å². The largest absolute Gasteiger partial charge is 0.368 e. The van der Waals surface area contributed by atoms with E-state index in [0.29, 0.717) is 6.04 Å². The van der Waals surface area contributed by atoms with Crippen molar-refractivity contribution in [3.8, 4) is 0 Å². The van der Waals surface area contributed by atoms with Crippen molar-refractivity contribution in [3.05, 3.63) is 53.3 Å². The average Bonchev–Trinajstić information content (AvgIpc) is 3.03. The van der Waals surface area contributed by atoms with Gasteiger partial charge in [0.05, 0.1) is 5.56 Å². The minimum Gasteiger partial charge on any atom is -0.368 e. The van der Waals surface area contributed by atoms with Crippen molar-refractivity contribution < 1.29 is 4.79 Å². The Morgan fingerprint density at radius 1 is 0.926 bits per heavy atom. The Morgan fingerprint density at radius 2 is 1.59 bits per heavy atom. The first kappa shape index (κ1) is 18.1. The Hall–Kier alpha value is -2.23. The SMILES string of the molecule is Cc1cc(C(=O)N2CCN(c3ccccc3)CC2)c(C)n1C1CCCCC1. The van der Waals surface area contributed by atoms with E-state index in [9.17, 15) is 4.79 Å². The van der Waals surface area contributed by atoms with Crippen LogP contribution in [-0.4, -0.2) is 41.6 Å². The van der Waals surface area contributed by atoms with Crippen LogP contribution in [0.1, 0.15) is 59.9 Å². The number of carbonyl (C=O) groups excluding carboxylic acids is 1. The van der Waals surface area contributed by atoms with Gasteiger partial charge in [0.25, 0.3) is 5.91 Å². The fourth-order valence-electron chi connectivity index (χ4n) is 4.87. The molecule has 1 aromatic heterocycles. The maximum absolute atomic E-state index is 13.2. The van der Waals surface area contributed by atoms with Gasteiger partial charge in [-0.3, -0.25) is 4.79 Å². The van der Waals surface area contributed by atoms with E-state index in [0.717, 1.165) is 37.4 Å². The number of aryl methyl sites for hydroxylation is 1. The van der Waals surface area contributed by atoms with Crippen LogP contribution in [-0.2, 0) is 0 Å². The summed E-state index contributed by atoms with van der Waals surface area (Å²) in [4.78, 5) is 17.6. The number of piperazine rings is 1. The van der Waals surface area contributed by atoms with Crippen molar-refractivity contribution in [1.29, 1.82) is 0 Å². The Balaban J connectivity index is 1.46. The second kappa shape index (κ2) is 7.79. The monoisotopic (exact) mass is 365 g/mol. The van der Waals surface area contributed by atoms with E-state index in [4.69, 9.17) is 0 Å². The topological polar surface area (TPSA) is 28.5 Å². The highest BCUT2D eigenvalue weighted by atomic mass is 16.2. The molecule has 0 bridgehead atoms. The van der Waals surface area contributed by atoms with Gasteiger partial charge in [0.1, 0.15) is 0 Å². The molecule has 1 saturated heterocycles. The Kier molecular flexibility index (Phi) is 5.24. The molecule has 2 heterocycles. The van der Waals surface area contributed by atoms with Crippen molar-refractivity contribution in [2.24, 2.45) is 0 Å². The normalized spacial score (nSPS) is 18.7. The van der Waals surface area contributed by atoms with Crippen LogP contribution in [0.25, 0.3) is 0 Å². The zero-order valence-corrected chi connectivity index (χ0v) is 16.7. The number of nitrogens with zero attached hydrogens (tertiary/aromatic N) is 3. The van der Waals surface area contributed by atoms with Gasteiger partial charge in [-0.1, -0.05) is 37.5 Å². The fraction of sp³-hybridized carbons (Fsp3) is 0.522. The highest BCUT2D eigenvalue weighted by Gasteiger charge is 2.27. The summed E-state index contributed by atoms with van der Waals surface area (Å²) < 4.78 is 2.44. The zero-order chi connectivity index (χ0) is 18.8. The van der Waals surface area contributed by atoms with Gasteiger partial charge in [-0.2, -0.15) is 0 Å². The zero-order valence-electron chi connectivity index (χ0n) is 16.7. The van der Waals surface area contributed by atoms with Gasteiger partial charge in [-0.05, 0) is 44.9 Å². The first-order chi connectivity index (χ1) is 13.1. The number of benzene rings is 1. The number of rotatable bonds is 3. The lowest BCUT2D eigenvalue weighted by molar-refractivity contribution is 0.0745. The first-order valence-electron chi connectivity index (χ1n) is 10.4. The van der Waals surface area contributed by atoms with E-state index in [-0.39, 0.29) is 5.91 Å². The quantitative estimate of drug-likeness (QED) is 0.797. The van der Waals surface area contributed by atoms with Gasteiger partial charge in [0.15, 0.2) is 0 Å². The number of hydrogen-bond acceptors (Lipinski definition) is 2. The number of hydrogen-bond donors (Lipinski definition) is 0. The Bertz CT molecular complexity index is 781. The predicted octanol–water partition coefficient (Wildman–Crippen LogP) is 4.57. The summed E-state index contributed by atoms with van der Waals surface area (Å²) in [5.74, 6) is 0.206. The lowest BCUT2D eigenvalue weighted by atomic mass is 9.95. The number of anilines is 1. The lowest BCUT2D eigenvalue weighted by Gasteiger charge is -2.36. The minimum absolute atomic E-state index is 0.206. The molecule has 2 fully saturated rings. The van der Waals surface area contributed by atoms with Crippen molar-refractivity contribution in [1.82, 2.24) is 9.47 Å². The lowest BCUT2D eigenvalue weighted by Crippen LogP contribution is -2.48.